The normalized spacial score (nSPS) is 29.5. The lowest BCUT2D eigenvalue weighted by molar-refractivity contribution is 0.0204. The van der Waals surface area contributed by atoms with Crippen LogP contribution in [-0.4, -0.2) is 47.7 Å². The van der Waals surface area contributed by atoms with Crippen LogP contribution in [0.1, 0.15) is 63.5 Å². The lowest BCUT2D eigenvalue weighted by Gasteiger charge is -2.43. The number of allylic oxidation sites excluding steroid dienone is 2. The summed E-state index contributed by atoms with van der Waals surface area (Å²) in [6, 6.07) is 10.0. The standard InChI is InChI=1S/C28H32ClN5O2/c1-27(2,3)36-26(35)34-16-22-12-23(29)14-31-17-28(22)24(34)15-32-33-25(28)20-9-7-19(8-10-20)21-6-4-5-18(11-21)13-30/h4-6,11-12,14,17,19-20,24,32H,7-10,15-16H2,1-3H3/t19?,20?,24-,28+/m1/s1. The molecule has 1 amide bonds. The molecule has 4 aliphatic rings. The van der Waals surface area contributed by atoms with Gasteiger partial charge >= 0.3 is 6.09 Å². The number of hydrogen-bond donors (Lipinski definition) is 1. The molecule has 3 aliphatic heterocycles. The molecule has 2 atom stereocenters. The molecule has 5 rings (SSSR count). The van der Waals surface area contributed by atoms with Gasteiger partial charge in [-0.1, -0.05) is 23.7 Å². The topological polar surface area (TPSA) is 90.1 Å². The molecule has 1 aromatic carbocycles. The number of hydrazone groups is 1. The molecule has 1 N–H and O–H groups in total. The van der Waals surface area contributed by atoms with Crippen LogP contribution < -0.4 is 5.43 Å². The van der Waals surface area contributed by atoms with Crippen LogP contribution in [0.4, 0.5) is 4.79 Å². The fourth-order valence-electron chi connectivity index (χ4n) is 6.13. The minimum Gasteiger partial charge on any atom is -0.444 e. The molecule has 7 nitrogen and oxygen atoms in total. The highest BCUT2D eigenvalue weighted by Gasteiger charge is 2.58. The molecule has 188 valence electrons. The highest BCUT2D eigenvalue weighted by molar-refractivity contribution is 6.31. The fourth-order valence-corrected chi connectivity index (χ4v) is 6.32. The van der Waals surface area contributed by atoms with Crippen molar-refractivity contribution in [3.63, 3.8) is 0 Å². The number of nitrogens with zero attached hydrogens (tertiary/aromatic N) is 4. The van der Waals surface area contributed by atoms with E-state index in [4.69, 9.17) is 21.4 Å². The van der Waals surface area contributed by atoms with E-state index >= 15 is 0 Å². The van der Waals surface area contributed by atoms with Gasteiger partial charge in [0.05, 0.1) is 40.4 Å². The second-order valence-corrected chi connectivity index (χ2v) is 11.5. The van der Waals surface area contributed by atoms with Crippen LogP contribution >= 0.6 is 11.6 Å². The number of rotatable bonds is 2. The molecular formula is C28H32ClN5O2. The summed E-state index contributed by atoms with van der Waals surface area (Å²) in [4.78, 5) is 19.6. The van der Waals surface area contributed by atoms with Crippen LogP contribution in [0.25, 0.3) is 0 Å². The maximum absolute atomic E-state index is 13.3. The predicted octanol–water partition coefficient (Wildman–Crippen LogP) is 5.49. The van der Waals surface area contributed by atoms with E-state index in [1.807, 2.05) is 51.3 Å². The molecule has 0 unspecified atom stereocenters. The molecule has 0 aromatic heterocycles. The van der Waals surface area contributed by atoms with E-state index in [9.17, 15) is 10.1 Å². The third-order valence-corrected chi connectivity index (χ3v) is 7.91. The van der Waals surface area contributed by atoms with Crippen molar-refractivity contribution in [1.29, 1.82) is 5.26 Å². The van der Waals surface area contributed by atoms with Crippen molar-refractivity contribution in [3.8, 4) is 6.07 Å². The molecule has 0 radical (unpaired) electrons. The zero-order chi connectivity index (χ0) is 25.5. The minimum absolute atomic E-state index is 0.198. The molecular weight excluding hydrogens is 474 g/mol. The van der Waals surface area contributed by atoms with E-state index in [-0.39, 0.29) is 18.1 Å². The Kier molecular flexibility index (Phi) is 6.42. The van der Waals surface area contributed by atoms with E-state index in [2.05, 4.69) is 22.6 Å². The quantitative estimate of drug-likeness (QED) is 0.575. The largest absolute Gasteiger partial charge is 0.444 e. The second-order valence-electron chi connectivity index (χ2n) is 11.1. The van der Waals surface area contributed by atoms with E-state index < -0.39 is 11.0 Å². The first kappa shape index (κ1) is 24.6. The average Bonchev–Trinajstić information content (AvgIpc) is 3.08. The Hall–Kier alpha value is -3.11. The van der Waals surface area contributed by atoms with Crippen LogP contribution in [0.5, 0.6) is 0 Å². The molecule has 1 spiro atoms. The van der Waals surface area contributed by atoms with Crippen LogP contribution in [0.2, 0.25) is 0 Å². The van der Waals surface area contributed by atoms with E-state index in [1.54, 1.807) is 11.1 Å². The Bertz CT molecular complexity index is 1210. The first-order chi connectivity index (χ1) is 17.2. The fraction of sp³-hybridized carbons (Fsp3) is 0.500. The highest BCUT2D eigenvalue weighted by atomic mass is 35.5. The van der Waals surface area contributed by atoms with Crippen molar-refractivity contribution < 1.29 is 9.53 Å². The number of carbonyl (C=O) groups is 1. The number of nitriles is 1. The number of ether oxygens (including phenoxy) is 1. The van der Waals surface area contributed by atoms with Gasteiger partial charge in [-0.15, -0.1) is 0 Å². The van der Waals surface area contributed by atoms with Crippen LogP contribution in [0, 0.1) is 22.7 Å². The molecule has 1 saturated heterocycles. The van der Waals surface area contributed by atoms with Gasteiger partial charge in [-0.3, -0.25) is 9.89 Å². The Labute approximate surface area is 217 Å². The zero-order valence-corrected chi connectivity index (χ0v) is 21.8. The first-order valence-corrected chi connectivity index (χ1v) is 13.0. The number of aliphatic imine (C=N–C) groups is 1. The van der Waals surface area contributed by atoms with Gasteiger partial charge in [0.25, 0.3) is 0 Å². The number of carbonyl (C=O) groups excluding carboxylic acids is 1. The highest BCUT2D eigenvalue weighted by Crippen LogP contribution is 2.49. The monoisotopic (exact) mass is 505 g/mol. The summed E-state index contributed by atoms with van der Waals surface area (Å²) < 4.78 is 5.77. The lowest BCUT2D eigenvalue weighted by atomic mass is 9.65. The Morgan fingerprint density at radius 3 is 2.72 bits per heavy atom. The van der Waals surface area contributed by atoms with Crippen molar-refractivity contribution in [2.45, 2.75) is 64.0 Å². The minimum atomic E-state index is -0.604. The Morgan fingerprint density at radius 2 is 2.00 bits per heavy atom. The summed E-state index contributed by atoms with van der Waals surface area (Å²) in [5.74, 6) is 0.678. The molecule has 36 heavy (non-hydrogen) atoms. The van der Waals surface area contributed by atoms with E-state index in [0.29, 0.717) is 29.6 Å². The van der Waals surface area contributed by atoms with E-state index in [1.165, 1.54) is 5.56 Å². The number of likely N-dealkylation sites (tertiary alicyclic amines) is 1. The zero-order valence-electron chi connectivity index (χ0n) is 21.0. The Morgan fingerprint density at radius 1 is 1.25 bits per heavy atom. The maximum Gasteiger partial charge on any atom is 0.410 e. The van der Waals surface area contributed by atoms with Gasteiger partial charge in [-0.25, -0.2) is 4.79 Å². The smallest absolute Gasteiger partial charge is 0.410 e. The predicted molar refractivity (Wildman–Crippen MR) is 141 cm³/mol. The van der Waals surface area contributed by atoms with E-state index in [0.717, 1.165) is 37.0 Å². The van der Waals surface area contributed by atoms with Gasteiger partial charge in [-0.2, -0.15) is 10.4 Å². The third kappa shape index (κ3) is 4.43. The summed E-state index contributed by atoms with van der Waals surface area (Å²) in [5, 5.41) is 14.7. The van der Waals surface area contributed by atoms with Crippen LogP contribution in [-0.2, 0) is 4.74 Å². The van der Waals surface area contributed by atoms with Crippen molar-refractivity contribution in [2.75, 3.05) is 13.1 Å². The molecule has 8 heteroatoms. The van der Waals surface area contributed by atoms with Gasteiger partial charge in [0.2, 0.25) is 0 Å². The summed E-state index contributed by atoms with van der Waals surface area (Å²) in [5.41, 5.74) is 6.04. The summed E-state index contributed by atoms with van der Waals surface area (Å²) in [6.07, 6.45) is 9.22. The molecule has 2 fully saturated rings. The van der Waals surface area contributed by atoms with Gasteiger partial charge in [-0.05, 0) is 81.7 Å². The van der Waals surface area contributed by atoms with Crippen molar-refractivity contribution in [3.05, 3.63) is 58.3 Å². The molecule has 1 aliphatic carbocycles. The van der Waals surface area contributed by atoms with Gasteiger partial charge < -0.3 is 10.2 Å². The number of hydrogen-bond acceptors (Lipinski definition) is 6. The average molecular weight is 506 g/mol. The maximum atomic E-state index is 13.3. The number of amides is 1. The van der Waals surface area contributed by atoms with Gasteiger partial charge in [0.15, 0.2) is 0 Å². The number of nitrogens with one attached hydrogen (secondary N) is 1. The summed E-state index contributed by atoms with van der Waals surface area (Å²) in [7, 11) is 0. The molecule has 3 heterocycles. The first-order valence-electron chi connectivity index (χ1n) is 12.6. The molecule has 1 saturated carbocycles. The SMILES string of the molecule is CC(C)(C)OC(=O)N1CC2=CC(Cl)=CN=C[C@]23C(C2CCC(c4cccc(C#N)c4)CC2)=NNC[C@@H]13. The van der Waals surface area contributed by atoms with Gasteiger partial charge in [0, 0.05) is 24.9 Å². The number of benzene rings is 1. The second kappa shape index (κ2) is 9.40. The Balaban J connectivity index is 1.43. The van der Waals surface area contributed by atoms with Gasteiger partial charge in [0.1, 0.15) is 5.60 Å². The van der Waals surface area contributed by atoms with Crippen molar-refractivity contribution in [1.82, 2.24) is 10.3 Å². The summed E-state index contributed by atoms with van der Waals surface area (Å²) in [6.45, 7) is 6.58. The van der Waals surface area contributed by atoms with Crippen LogP contribution in [0.15, 0.2) is 57.2 Å². The third-order valence-electron chi connectivity index (χ3n) is 7.70. The summed E-state index contributed by atoms with van der Waals surface area (Å²) >= 11 is 6.45. The van der Waals surface area contributed by atoms with Crippen molar-refractivity contribution >= 4 is 29.6 Å². The number of halogens is 1. The van der Waals surface area contributed by atoms with Crippen molar-refractivity contribution in [2.24, 2.45) is 21.4 Å². The molecule has 0 bridgehead atoms. The lowest BCUT2D eigenvalue weighted by Crippen LogP contribution is -2.58. The molecule has 1 aromatic rings. The van der Waals surface area contributed by atoms with Crippen LogP contribution in [0.3, 0.4) is 0 Å².